The first-order valence-corrected chi connectivity index (χ1v) is 15.4. The number of hydrogen-bond acceptors (Lipinski definition) is 17. The molecule has 10 N–H and O–H groups in total. The highest BCUT2D eigenvalue weighted by Gasteiger charge is 2.43. The van der Waals surface area contributed by atoms with Crippen LogP contribution in [0.3, 0.4) is 0 Å². The van der Waals surface area contributed by atoms with E-state index < -0.39 is 104 Å². The van der Waals surface area contributed by atoms with Crippen LogP contribution in [0, 0.1) is 23.7 Å². The summed E-state index contributed by atoms with van der Waals surface area (Å²) >= 11 is 0. The lowest BCUT2D eigenvalue weighted by Gasteiger charge is -2.40. The van der Waals surface area contributed by atoms with Gasteiger partial charge in [0.15, 0.2) is 0 Å². The summed E-state index contributed by atoms with van der Waals surface area (Å²) in [5, 5.41) is 101. The zero-order valence-corrected chi connectivity index (χ0v) is 25.1. The molecule has 0 aromatic rings. The largest absolute Gasteiger partial charge is 0.396 e. The Morgan fingerprint density at radius 3 is 0.978 bits per heavy atom. The van der Waals surface area contributed by atoms with Crippen molar-refractivity contribution in [2.75, 3.05) is 79.3 Å². The maximum absolute atomic E-state index is 10.6. The Kier molecular flexibility index (Phi) is 14.6. The molecule has 0 aromatic carbocycles. The van der Waals surface area contributed by atoms with Gasteiger partial charge in [-0.05, 0) is 0 Å². The smallest absolute Gasteiger partial charge is 0.109 e. The van der Waals surface area contributed by atoms with Gasteiger partial charge < -0.3 is 84.2 Å². The molecule has 17 nitrogen and oxygen atoms in total. The van der Waals surface area contributed by atoms with Crippen LogP contribution in [0.4, 0.5) is 0 Å². The van der Waals surface area contributed by atoms with Gasteiger partial charge in [0.05, 0.1) is 104 Å². The summed E-state index contributed by atoms with van der Waals surface area (Å²) < 4.78 is 38.9. The Labute approximate surface area is 260 Å². The van der Waals surface area contributed by atoms with Gasteiger partial charge in [0.2, 0.25) is 0 Å². The summed E-state index contributed by atoms with van der Waals surface area (Å²) in [6.07, 6.45) is -13.1. The van der Waals surface area contributed by atoms with Crippen molar-refractivity contribution >= 4 is 0 Å². The molecule has 0 bridgehead atoms. The SMILES string of the molecule is OCC1COC(COCC2COC(COCC3COC(COCC4COC(CO)C(O)C4O)C(O)C3O)C(O)C2O)C(O)C1O. The van der Waals surface area contributed by atoms with E-state index >= 15 is 0 Å². The zero-order valence-electron chi connectivity index (χ0n) is 25.1. The quantitative estimate of drug-likeness (QED) is 0.0832. The van der Waals surface area contributed by atoms with Gasteiger partial charge in [0.1, 0.15) is 48.8 Å². The molecular formula is C28H50O17. The normalized spacial score (nSPS) is 46.3. The van der Waals surface area contributed by atoms with E-state index in [2.05, 4.69) is 0 Å². The van der Waals surface area contributed by atoms with E-state index in [1.165, 1.54) is 0 Å². The second kappa shape index (κ2) is 17.6. The fraction of sp³-hybridized carbons (Fsp3) is 1.00. The molecule has 4 rings (SSSR count). The summed E-state index contributed by atoms with van der Waals surface area (Å²) in [7, 11) is 0. The molecule has 17 heteroatoms. The summed E-state index contributed by atoms with van der Waals surface area (Å²) in [5.41, 5.74) is 0. The average Bonchev–Trinajstić information content (AvgIpc) is 3.03. The molecule has 4 aliphatic rings. The molecule has 0 spiro atoms. The van der Waals surface area contributed by atoms with Gasteiger partial charge >= 0.3 is 0 Å². The van der Waals surface area contributed by atoms with E-state index in [0.717, 1.165) is 0 Å². The van der Waals surface area contributed by atoms with Crippen LogP contribution in [0.1, 0.15) is 0 Å². The molecule has 0 amide bonds. The van der Waals surface area contributed by atoms with Gasteiger partial charge in [0, 0.05) is 23.7 Å². The molecule has 0 aliphatic carbocycles. The highest BCUT2D eigenvalue weighted by atomic mass is 16.6. The lowest BCUT2D eigenvalue weighted by atomic mass is 9.92. The fourth-order valence-electron chi connectivity index (χ4n) is 5.98. The topological polar surface area (TPSA) is 267 Å². The van der Waals surface area contributed by atoms with E-state index in [0.29, 0.717) is 0 Å². The van der Waals surface area contributed by atoms with Crippen molar-refractivity contribution in [3.63, 3.8) is 0 Å². The summed E-state index contributed by atoms with van der Waals surface area (Å²) in [4.78, 5) is 0. The lowest BCUT2D eigenvalue weighted by Crippen LogP contribution is -2.55. The monoisotopic (exact) mass is 658 g/mol. The highest BCUT2D eigenvalue weighted by Crippen LogP contribution is 2.26. The van der Waals surface area contributed by atoms with E-state index in [9.17, 15) is 46.0 Å². The molecule has 4 heterocycles. The standard InChI is InChI=1S/C28H50O17/c29-1-13-6-43-18(26(36)21(13)31)10-40-4-15-8-45-20(28(38)23(15)33)12-41-5-16-9-44-19(27(37)24(16)34)11-39-3-14-7-42-17(2-30)25(35)22(14)32/h13-38H,1-12H2. The van der Waals surface area contributed by atoms with E-state index in [-0.39, 0.29) is 72.7 Å². The molecule has 0 radical (unpaired) electrons. The average molecular weight is 659 g/mol. The first-order chi connectivity index (χ1) is 21.6. The van der Waals surface area contributed by atoms with Crippen LogP contribution in [-0.2, 0) is 33.2 Å². The number of hydrogen-bond donors (Lipinski definition) is 10. The van der Waals surface area contributed by atoms with Crippen molar-refractivity contribution in [1.29, 1.82) is 0 Å². The number of ether oxygens (including phenoxy) is 7. The summed E-state index contributed by atoms with van der Waals surface area (Å²) in [6, 6.07) is 0. The maximum Gasteiger partial charge on any atom is 0.109 e. The van der Waals surface area contributed by atoms with Crippen molar-refractivity contribution < 1.29 is 84.2 Å². The number of aliphatic hydroxyl groups is 10. The lowest BCUT2D eigenvalue weighted by molar-refractivity contribution is -0.213. The Balaban J connectivity index is 1.10. The van der Waals surface area contributed by atoms with Crippen LogP contribution >= 0.6 is 0 Å². The van der Waals surface area contributed by atoms with Crippen LogP contribution in [0.15, 0.2) is 0 Å². The third kappa shape index (κ3) is 9.27. The Morgan fingerprint density at radius 1 is 0.356 bits per heavy atom. The Bertz CT molecular complexity index is 790. The van der Waals surface area contributed by atoms with Gasteiger partial charge in [-0.1, -0.05) is 0 Å². The Hall–Kier alpha value is -0.680. The first-order valence-electron chi connectivity index (χ1n) is 15.4. The van der Waals surface area contributed by atoms with Crippen LogP contribution in [-0.4, -0.2) is 204 Å². The van der Waals surface area contributed by atoms with Gasteiger partial charge in [-0.3, -0.25) is 0 Å². The maximum atomic E-state index is 10.6. The van der Waals surface area contributed by atoms with Crippen molar-refractivity contribution in [3.05, 3.63) is 0 Å². The fourth-order valence-corrected chi connectivity index (χ4v) is 5.98. The van der Waals surface area contributed by atoms with Crippen LogP contribution < -0.4 is 0 Å². The molecule has 45 heavy (non-hydrogen) atoms. The van der Waals surface area contributed by atoms with Crippen molar-refractivity contribution in [2.24, 2.45) is 23.7 Å². The molecule has 0 saturated carbocycles. The number of rotatable bonds is 14. The minimum Gasteiger partial charge on any atom is -0.396 e. The molecule has 16 atom stereocenters. The van der Waals surface area contributed by atoms with E-state index in [4.69, 9.17) is 38.3 Å². The number of aliphatic hydroxyl groups excluding tert-OH is 10. The van der Waals surface area contributed by atoms with Crippen molar-refractivity contribution in [1.82, 2.24) is 0 Å². The second-order valence-electron chi connectivity index (χ2n) is 12.4. The predicted octanol–water partition coefficient (Wildman–Crippen LogP) is -6.03. The molecule has 0 aromatic heterocycles. The van der Waals surface area contributed by atoms with Crippen molar-refractivity contribution in [3.8, 4) is 0 Å². The van der Waals surface area contributed by atoms with Gasteiger partial charge in [0.25, 0.3) is 0 Å². The van der Waals surface area contributed by atoms with Gasteiger partial charge in [-0.2, -0.15) is 0 Å². The molecule has 4 fully saturated rings. The highest BCUT2D eigenvalue weighted by molar-refractivity contribution is 4.91. The molecule has 16 unspecified atom stereocenters. The van der Waals surface area contributed by atoms with Crippen LogP contribution in [0.2, 0.25) is 0 Å². The van der Waals surface area contributed by atoms with Crippen molar-refractivity contribution in [2.45, 2.75) is 73.2 Å². The van der Waals surface area contributed by atoms with Gasteiger partial charge in [-0.15, -0.1) is 0 Å². The second-order valence-corrected chi connectivity index (χ2v) is 12.4. The Morgan fingerprint density at radius 2 is 0.644 bits per heavy atom. The molecule has 4 aliphatic heterocycles. The minimum atomic E-state index is -1.29. The predicted molar refractivity (Wildman–Crippen MR) is 148 cm³/mol. The van der Waals surface area contributed by atoms with E-state index in [1.807, 2.05) is 0 Å². The van der Waals surface area contributed by atoms with Crippen LogP contribution in [0.25, 0.3) is 0 Å². The summed E-state index contributed by atoms with van der Waals surface area (Å²) in [6.45, 7) is -0.781. The molecular weight excluding hydrogens is 608 g/mol. The first kappa shape index (κ1) is 37.1. The summed E-state index contributed by atoms with van der Waals surface area (Å²) in [5.74, 6) is -2.30. The minimum absolute atomic E-state index is 0.00212. The molecule has 264 valence electrons. The van der Waals surface area contributed by atoms with Crippen LogP contribution in [0.5, 0.6) is 0 Å². The zero-order chi connectivity index (χ0) is 32.7. The molecule has 4 saturated heterocycles. The van der Waals surface area contributed by atoms with Gasteiger partial charge in [-0.25, -0.2) is 0 Å². The third-order valence-electron chi connectivity index (χ3n) is 9.21. The van der Waals surface area contributed by atoms with E-state index in [1.54, 1.807) is 0 Å². The third-order valence-corrected chi connectivity index (χ3v) is 9.21.